The van der Waals surface area contributed by atoms with E-state index in [1.807, 2.05) is 0 Å². The second-order valence-corrected chi connectivity index (χ2v) is 3.65. The van der Waals surface area contributed by atoms with Gasteiger partial charge in [0.25, 0.3) is 0 Å². The quantitative estimate of drug-likeness (QED) is 0.783. The van der Waals surface area contributed by atoms with Gasteiger partial charge in [-0.05, 0) is 49.6 Å². The maximum atomic E-state index is 13.2. The van der Waals surface area contributed by atoms with Gasteiger partial charge in [0.1, 0.15) is 11.4 Å². The Morgan fingerprint density at radius 1 is 1.27 bits per heavy atom. The van der Waals surface area contributed by atoms with E-state index in [-0.39, 0.29) is 5.82 Å². The van der Waals surface area contributed by atoms with E-state index in [4.69, 9.17) is 10.2 Å². The van der Waals surface area contributed by atoms with Gasteiger partial charge in [-0.15, -0.1) is 0 Å². The molecule has 0 bridgehead atoms. The predicted molar refractivity (Wildman–Crippen MR) is 58.2 cm³/mol. The number of unbranched alkanes of at least 4 members (excludes halogenated alkanes) is 1. The monoisotopic (exact) mass is 207 g/mol. The SMILES string of the molecule is NCCCCc1cc(F)cc2ccoc12. The molecule has 15 heavy (non-hydrogen) atoms. The van der Waals surface area contributed by atoms with Crippen LogP contribution in [0.15, 0.2) is 28.9 Å². The minimum atomic E-state index is -0.202. The van der Waals surface area contributed by atoms with E-state index in [1.54, 1.807) is 18.4 Å². The lowest BCUT2D eigenvalue weighted by Crippen LogP contribution is -1.99. The highest BCUT2D eigenvalue weighted by atomic mass is 19.1. The smallest absolute Gasteiger partial charge is 0.137 e. The second-order valence-electron chi connectivity index (χ2n) is 3.65. The van der Waals surface area contributed by atoms with Crippen LogP contribution in [0.3, 0.4) is 0 Å². The molecule has 2 N–H and O–H groups in total. The van der Waals surface area contributed by atoms with Gasteiger partial charge in [-0.1, -0.05) is 0 Å². The lowest BCUT2D eigenvalue weighted by molar-refractivity contribution is 0.599. The Kier molecular flexibility index (Phi) is 3.02. The summed E-state index contributed by atoms with van der Waals surface area (Å²) in [4.78, 5) is 0. The van der Waals surface area contributed by atoms with Crippen molar-refractivity contribution in [2.45, 2.75) is 19.3 Å². The zero-order valence-electron chi connectivity index (χ0n) is 8.50. The molecule has 0 fully saturated rings. The molecule has 2 rings (SSSR count). The molecule has 1 heterocycles. The molecule has 2 aromatic rings. The molecule has 0 spiro atoms. The molecule has 0 saturated heterocycles. The molecule has 0 amide bonds. The van der Waals surface area contributed by atoms with Crippen molar-refractivity contribution < 1.29 is 8.81 Å². The highest BCUT2D eigenvalue weighted by molar-refractivity contribution is 5.80. The molecule has 1 aromatic heterocycles. The molecule has 0 aliphatic carbocycles. The van der Waals surface area contributed by atoms with Gasteiger partial charge in [0, 0.05) is 5.39 Å². The van der Waals surface area contributed by atoms with Crippen LogP contribution in [0.4, 0.5) is 4.39 Å². The third-order valence-electron chi connectivity index (χ3n) is 2.49. The number of aryl methyl sites for hydroxylation is 1. The largest absolute Gasteiger partial charge is 0.464 e. The number of hydrogen-bond donors (Lipinski definition) is 1. The summed E-state index contributed by atoms with van der Waals surface area (Å²) in [6.07, 6.45) is 4.34. The van der Waals surface area contributed by atoms with E-state index in [2.05, 4.69) is 0 Å². The number of nitrogens with two attached hydrogens (primary N) is 1. The Balaban J connectivity index is 2.27. The summed E-state index contributed by atoms with van der Waals surface area (Å²) in [6, 6.07) is 4.82. The molecular formula is C12H14FNO. The van der Waals surface area contributed by atoms with Gasteiger partial charge in [0.05, 0.1) is 6.26 Å². The molecule has 0 radical (unpaired) electrons. The van der Waals surface area contributed by atoms with Crippen LogP contribution in [0.25, 0.3) is 11.0 Å². The Bertz CT molecular complexity index is 450. The Morgan fingerprint density at radius 3 is 2.93 bits per heavy atom. The summed E-state index contributed by atoms with van der Waals surface area (Å²) >= 11 is 0. The highest BCUT2D eigenvalue weighted by Gasteiger charge is 2.06. The highest BCUT2D eigenvalue weighted by Crippen LogP contribution is 2.23. The summed E-state index contributed by atoms with van der Waals surface area (Å²) in [6.45, 7) is 0.677. The zero-order chi connectivity index (χ0) is 10.7. The Hall–Kier alpha value is -1.35. The van der Waals surface area contributed by atoms with Crippen molar-refractivity contribution >= 4 is 11.0 Å². The number of benzene rings is 1. The molecule has 0 aliphatic rings. The third kappa shape index (κ3) is 2.18. The summed E-state index contributed by atoms with van der Waals surface area (Å²) < 4.78 is 18.6. The van der Waals surface area contributed by atoms with Gasteiger partial charge in [0.2, 0.25) is 0 Å². The summed E-state index contributed by atoms with van der Waals surface area (Å²) in [5.74, 6) is -0.202. The minimum Gasteiger partial charge on any atom is -0.464 e. The van der Waals surface area contributed by atoms with Crippen LogP contribution in [-0.2, 0) is 6.42 Å². The molecule has 0 unspecified atom stereocenters. The number of rotatable bonds is 4. The summed E-state index contributed by atoms with van der Waals surface area (Å²) in [5.41, 5.74) is 7.15. The van der Waals surface area contributed by atoms with E-state index in [9.17, 15) is 4.39 Å². The molecule has 0 saturated carbocycles. The van der Waals surface area contributed by atoms with Crippen LogP contribution >= 0.6 is 0 Å². The van der Waals surface area contributed by atoms with Crippen molar-refractivity contribution in [3.63, 3.8) is 0 Å². The lowest BCUT2D eigenvalue weighted by Gasteiger charge is -2.02. The first kappa shape index (κ1) is 10.2. The second kappa shape index (κ2) is 4.45. The van der Waals surface area contributed by atoms with Crippen LogP contribution in [0, 0.1) is 5.82 Å². The maximum absolute atomic E-state index is 13.2. The zero-order valence-corrected chi connectivity index (χ0v) is 8.50. The number of furan rings is 1. The van der Waals surface area contributed by atoms with Gasteiger partial charge in [-0.3, -0.25) is 0 Å². The van der Waals surface area contributed by atoms with E-state index < -0.39 is 0 Å². The molecule has 1 aromatic carbocycles. The van der Waals surface area contributed by atoms with Gasteiger partial charge in [-0.25, -0.2) is 4.39 Å². The topological polar surface area (TPSA) is 39.2 Å². The van der Waals surface area contributed by atoms with E-state index >= 15 is 0 Å². The Labute approximate surface area is 87.9 Å². The van der Waals surface area contributed by atoms with Crippen molar-refractivity contribution in [2.24, 2.45) is 5.73 Å². The van der Waals surface area contributed by atoms with Crippen LogP contribution < -0.4 is 5.73 Å². The number of hydrogen-bond acceptors (Lipinski definition) is 2. The Morgan fingerprint density at radius 2 is 2.13 bits per heavy atom. The fraction of sp³-hybridized carbons (Fsp3) is 0.333. The predicted octanol–water partition coefficient (Wildman–Crippen LogP) is 2.85. The van der Waals surface area contributed by atoms with E-state index in [0.29, 0.717) is 6.54 Å². The minimum absolute atomic E-state index is 0.202. The van der Waals surface area contributed by atoms with Crippen LogP contribution in [0.1, 0.15) is 18.4 Å². The normalized spacial score (nSPS) is 11.1. The summed E-state index contributed by atoms with van der Waals surface area (Å²) in [7, 11) is 0. The maximum Gasteiger partial charge on any atom is 0.137 e. The van der Waals surface area contributed by atoms with E-state index in [1.165, 1.54) is 6.07 Å². The number of fused-ring (bicyclic) bond motifs is 1. The standard InChI is InChI=1S/C12H14FNO/c13-11-7-9(3-1-2-5-14)12-10(8-11)4-6-15-12/h4,6-8H,1-3,5,14H2. The first-order valence-electron chi connectivity index (χ1n) is 5.17. The molecule has 2 nitrogen and oxygen atoms in total. The first-order valence-corrected chi connectivity index (χ1v) is 5.17. The molecular weight excluding hydrogens is 193 g/mol. The fourth-order valence-corrected chi connectivity index (χ4v) is 1.76. The van der Waals surface area contributed by atoms with Crippen LogP contribution in [-0.4, -0.2) is 6.54 Å². The first-order chi connectivity index (χ1) is 7.31. The van der Waals surface area contributed by atoms with Crippen molar-refractivity contribution in [1.82, 2.24) is 0 Å². The molecule has 0 aliphatic heterocycles. The number of halogens is 1. The van der Waals surface area contributed by atoms with Crippen LogP contribution in [0.2, 0.25) is 0 Å². The van der Waals surface area contributed by atoms with Crippen molar-refractivity contribution in [1.29, 1.82) is 0 Å². The van der Waals surface area contributed by atoms with Gasteiger partial charge in [0.15, 0.2) is 0 Å². The lowest BCUT2D eigenvalue weighted by atomic mass is 10.1. The van der Waals surface area contributed by atoms with Gasteiger partial charge >= 0.3 is 0 Å². The molecule has 0 atom stereocenters. The van der Waals surface area contributed by atoms with Gasteiger partial charge in [-0.2, -0.15) is 0 Å². The van der Waals surface area contributed by atoms with Crippen molar-refractivity contribution in [3.05, 3.63) is 35.8 Å². The summed E-state index contributed by atoms with van der Waals surface area (Å²) in [5, 5.41) is 0.831. The average Bonchev–Trinajstić information content (AvgIpc) is 2.65. The average molecular weight is 207 g/mol. The van der Waals surface area contributed by atoms with Crippen LogP contribution in [0.5, 0.6) is 0 Å². The van der Waals surface area contributed by atoms with Crippen molar-refractivity contribution in [2.75, 3.05) is 6.54 Å². The van der Waals surface area contributed by atoms with Crippen molar-refractivity contribution in [3.8, 4) is 0 Å². The molecule has 80 valence electrons. The van der Waals surface area contributed by atoms with Gasteiger partial charge < -0.3 is 10.2 Å². The third-order valence-corrected chi connectivity index (χ3v) is 2.49. The fourth-order valence-electron chi connectivity index (χ4n) is 1.76. The molecule has 3 heteroatoms. The van der Waals surface area contributed by atoms with E-state index in [0.717, 1.165) is 35.8 Å².